The van der Waals surface area contributed by atoms with E-state index in [1.807, 2.05) is 20.8 Å². The third-order valence-corrected chi connectivity index (χ3v) is 5.58. The first-order chi connectivity index (χ1) is 9.30. The highest BCUT2D eigenvalue weighted by Gasteiger charge is 2.23. The fraction of sp³-hybridized carbons (Fsp3) is 0.538. The molecule has 1 atom stereocenters. The van der Waals surface area contributed by atoms with Crippen LogP contribution < -0.4 is 9.86 Å². The lowest BCUT2D eigenvalue weighted by molar-refractivity contribution is 0.455. The Hall–Kier alpha value is -0.960. The molecule has 1 aromatic carbocycles. The first-order valence-corrected chi connectivity index (χ1v) is 9.63. The molecule has 1 rings (SSSR count). The van der Waals surface area contributed by atoms with Gasteiger partial charge >= 0.3 is 0 Å². The van der Waals surface area contributed by atoms with Crippen LogP contribution >= 0.6 is 0 Å². The minimum atomic E-state index is -3.74. The van der Waals surface area contributed by atoms with Crippen LogP contribution in [0.15, 0.2) is 29.2 Å². The van der Waals surface area contributed by atoms with Crippen LogP contribution in [-0.4, -0.2) is 22.6 Å². The number of nitrogens with one attached hydrogen (secondary N) is 1. The maximum absolute atomic E-state index is 12.0. The van der Waals surface area contributed by atoms with Crippen LogP contribution in [0.5, 0.6) is 0 Å². The van der Waals surface area contributed by atoms with Crippen molar-refractivity contribution in [2.45, 2.75) is 38.6 Å². The largest absolute Gasteiger partial charge is 0.238 e. The molecule has 6 nitrogen and oxygen atoms in total. The van der Waals surface area contributed by atoms with Crippen LogP contribution in [0.1, 0.15) is 39.3 Å². The Bertz CT molecular complexity index is 687. The molecule has 0 aliphatic rings. The maximum Gasteiger partial charge on any atom is 0.238 e. The number of rotatable bonds is 5. The van der Waals surface area contributed by atoms with Gasteiger partial charge in [-0.15, -0.1) is 0 Å². The van der Waals surface area contributed by atoms with Crippen molar-refractivity contribution in [3.05, 3.63) is 29.8 Å². The number of hydrogen-bond acceptors (Lipinski definition) is 4. The van der Waals surface area contributed by atoms with E-state index in [-0.39, 0.29) is 16.1 Å². The molecule has 120 valence electrons. The van der Waals surface area contributed by atoms with E-state index in [4.69, 9.17) is 5.14 Å². The van der Waals surface area contributed by atoms with Gasteiger partial charge in [0.05, 0.1) is 10.6 Å². The van der Waals surface area contributed by atoms with Gasteiger partial charge < -0.3 is 0 Å². The zero-order valence-corrected chi connectivity index (χ0v) is 14.3. The molecule has 3 N–H and O–H groups in total. The van der Waals surface area contributed by atoms with E-state index in [9.17, 15) is 16.8 Å². The van der Waals surface area contributed by atoms with Gasteiger partial charge in [0.1, 0.15) is 0 Å². The van der Waals surface area contributed by atoms with Crippen LogP contribution in [0.4, 0.5) is 0 Å². The van der Waals surface area contributed by atoms with Gasteiger partial charge in [-0.1, -0.05) is 32.9 Å². The third kappa shape index (κ3) is 6.13. The molecule has 0 amide bonds. The Morgan fingerprint density at radius 3 is 1.95 bits per heavy atom. The molecule has 0 saturated carbocycles. The average molecular weight is 334 g/mol. The second-order valence-electron chi connectivity index (χ2n) is 6.27. The minimum Gasteiger partial charge on any atom is -0.225 e. The smallest absolute Gasteiger partial charge is 0.225 e. The Morgan fingerprint density at radius 1 is 1.10 bits per heavy atom. The van der Waals surface area contributed by atoms with Crippen molar-refractivity contribution < 1.29 is 16.8 Å². The van der Waals surface area contributed by atoms with Gasteiger partial charge in [-0.25, -0.2) is 26.7 Å². The van der Waals surface area contributed by atoms with Crippen molar-refractivity contribution >= 4 is 20.0 Å². The predicted octanol–water partition coefficient (Wildman–Crippen LogP) is 1.36. The van der Waals surface area contributed by atoms with Gasteiger partial charge in [-0.3, -0.25) is 0 Å². The van der Waals surface area contributed by atoms with Crippen LogP contribution in [-0.2, 0) is 20.0 Å². The molecule has 0 bridgehead atoms. The van der Waals surface area contributed by atoms with Gasteiger partial charge in [0.15, 0.2) is 0 Å². The molecule has 0 fully saturated rings. The topological polar surface area (TPSA) is 106 Å². The number of benzene rings is 1. The van der Waals surface area contributed by atoms with E-state index in [0.29, 0.717) is 5.56 Å². The summed E-state index contributed by atoms with van der Waals surface area (Å²) in [5.74, 6) is 0.0135. The van der Waals surface area contributed by atoms with E-state index >= 15 is 0 Å². The molecule has 21 heavy (non-hydrogen) atoms. The summed E-state index contributed by atoms with van der Waals surface area (Å²) < 4.78 is 49.0. The normalized spacial score (nSPS) is 14.9. The minimum absolute atomic E-state index is 0.00370. The number of hydrogen-bond donors (Lipinski definition) is 2. The molecule has 0 aliphatic carbocycles. The van der Waals surface area contributed by atoms with Crippen molar-refractivity contribution in [1.82, 2.24) is 4.72 Å². The monoisotopic (exact) mass is 334 g/mol. The summed E-state index contributed by atoms with van der Waals surface area (Å²) in [6.07, 6.45) is 0. The molecule has 0 aromatic heterocycles. The second-order valence-corrected chi connectivity index (χ2v) is 9.59. The molecule has 0 radical (unpaired) electrons. The van der Waals surface area contributed by atoms with E-state index in [1.165, 1.54) is 12.1 Å². The van der Waals surface area contributed by atoms with Crippen molar-refractivity contribution in [2.24, 2.45) is 10.6 Å². The van der Waals surface area contributed by atoms with Crippen LogP contribution in [0, 0.1) is 5.41 Å². The number of primary sulfonamides is 1. The zero-order valence-electron chi connectivity index (χ0n) is 12.6. The Balaban J connectivity index is 2.88. The van der Waals surface area contributed by atoms with E-state index in [2.05, 4.69) is 4.72 Å². The van der Waals surface area contributed by atoms with Gasteiger partial charge in [0.25, 0.3) is 0 Å². The van der Waals surface area contributed by atoms with E-state index < -0.39 is 26.1 Å². The van der Waals surface area contributed by atoms with Gasteiger partial charge in [0.2, 0.25) is 20.0 Å². The fourth-order valence-electron chi connectivity index (χ4n) is 1.90. The SMILES string of the molecule is CC(NS(=O)(=O)CC(C)(C)C)c1ccc(S(N)(=O)=O)cc1. The van der Waals surface area contributed by atoms with E-state index in [0.717, 1.165) is 0 Å². The summed E-state index contributed by atoms with van der Waals surface area (Å²) in [4.78, 5) is -0.00370. The van der Waals surface area contributed by atoms with Crippen LogP contribution in [0.2, 0.25) is 0 Å². The summed E-state index contributed by atoms with van der Waals surface area (Å²) >= 11 is 0. The molecular formula is C13H22N2O4S2. The summed E-state index contributed by atoms with van der Waals surface area (Å²) in [7, 11) is -7.16. The lowest BCUT2D eigenvalue weighted by Gasteiger charge is -2.21. The molecule has 0 heterocycles. The van der Waals surface area contributed by atoms with Crippen LogP contribution in [0.25, 0.3) is 0 Å². The van der Waals surface area contributed by atoms with Crippen molar-refractivity contribution in [2.75, 3.05) is 5.75 Å². The summed E-state index contributed by atoms with van der Waals surface area (Å²) in [6, 6.07) is 5.36. The van der Waals surface area contributed by atoms with Gasteiger partial charge in [-0.05, 0) is 30.0 Å². The molecule has 1 unspecified atom stereocenters. The van der Waals surface area contributed by atoms with E-state index in [1.54, 1.807) is 19.1 Å². The molecular weight excluding hydrogens is 312 g/mol. The molecule has 0 saturated heterocycles. The molecule has 0 spiro atoms. The quantitative estimate of drug-likeness (QED) is 0.848. The predicted molar refractivity (Wildman–Crippen MR) is 82.6 cm³/mol. The fourth-order valence-corrected chi connectivity index (χ4v) is 4.31. The van der Waals surface area contributed by atoms with Crippen LogP contribution in [0.3, 0.4) is 0 Å². The Morgan fingerprint density at radius 2 is 1.57 bits per heavy atom. The Labute approximate surface area is 126 Å². The highest BCUT2D eigenvalue weighted by molar-refractivity contribution is 7.89. The lowest BCUT2D eigenvalue weighted by Crippen LogP contribution is -2.34. The first-order valence-electron chi connectivity index (χ1n) is 6.43. The average Bonchev–Trinajstić information content (AvgIpc) is 2.23. The molecule has 8 heteroatoms. The maximum atomic E-state index is 12.0. The van der Waals surface area contributed by atoms with Gasteiger partial charge in [-0.2, -0.15) is 0 Å². The summed E-state index contributed by atoms with van der Waals surface area (Å²) in [5, 5.41) is 5.01. The summed E-state index contributed by atoms with van der Waals surface area (Å²) in [6.45, 7) is 7.24. The molecule has 1 aromatic rings. The number of sulfonamides is 2. The van der Waals surface area contributed by atoms with Crippen molar-refractivity contribution in [1.29, 1.82) is 0 Å². The lowest BCUT2D eigenvalue weighted by atomic mass is 10.0. The standard InChI is InChI=1S/C13H22N2O4S2/c1-10(15-20(16,17)9-13(2,3)4)11-5-7-12(8-6-11)21(14,18)19/h5-8,10,15H,9H2,1-4H3,(H2,14,18,19). The second kappa shape index (κ2) is 6.04. The first kappa shape index (κ1) is 18.1. The zero-order chi connectivity index (χ0) is 16.5. The third-order valence-electron chi connectivity index (χ3n) is 2.69. The molecule has 0 aliphatic heterocycles. The van der Waals surface area contributed by atoms with Crippen molar-refractivity contribution in [3.63, 3.8) is 0 Å². The highest BCUT2D eigenvalue weighted by atomic mass is 32.2. The highest BCUT2D eigenvalue weighted by Crippen LogP contribution is 2.19. The van der Waals surface area contributed by atoms with Crippen molar-refractivity contribution in [3.8, 4) is 0 Å². The summed E-state index contributed by atoms with van der Waals surface area (Å²) in [5.41, 5.74) is 0.322. The van der Waals surface area contributed by atoms with Gasteiger partial charge in [0, 0.05) is 6.04 Å². The Kier molecular flexibility index (Phi) is 5.20. The number of nitrogens with two attached hydrogens (primary N) is 1.